The normalized spacial score (nSPS) is 18.5. The van der Waals surface area contributed by atoms with E-state index >= 15 is 0 Å². The lowest BCUT2D eigenvalue weighted by Crippen LogP contribution is -2.30. The predicted molar refractivity (Wildman–Crippen MR) is 87.8 cm³/mol. The van der Waals surface area contributed by atoms with Gasteiger partial charge in [-0.2, -0.15) is 0 Å². The van der Waals surface area contributed by atoms with Crippen molar-refractivity contribution in [1.82, 2.24) is 14.9 Å². The van der Waals surface area contributed by atoms with E-state index < -0.39 is 0 Å². The van der Waals surface area contributed by atoms with Crippen molar-refractivity contribution in [1.29, 1.82) is 0 Å². The van der Waals surface area contributed by atoms with Gasteiger partial charge in [-0.25, -0.2) is 4.98 Å². The lowest BCUT2D eigenvalue weighted by atomic mass is 10.2. The number of imidazole rings is 1. The molecule has 0 spiro atoms. The number of benzene rings is 1. The molecule has 1 unspecified atom stereocenters. The van der Waals surface area contributed by atoms with Gasteiger partial charge in [0.1, 0.15) is 17.7 Å². The number of rotatable bonds is 5. The van der Waals surface area contributed by atoms with E-state index in [0.717, 1.165) is 37.6 Å². The van der Waals surface area contributed by atoms with E-state index in [1.54, 1.807) is 0 Å². The topological polar surface area (TPSA) is 41.2 Å². The second-order valence-corrected chi connectivity index (χ2v) is 6.16. The molecule has 0 amide bonds. The number of nitrogens with one attached hydrogen (secondary N) is 1. The van der Waals surface area contributed by atoms with Crippen LogP contribution < -0.4 is 4.74 Å². The summed E-state index contributed by atoms with van der Waals surface area (Å²) in [6.07, 6.45) is 5.61. The van der Waals surface area contributed by atoms with Crippen LogP contribution >= 0.6 is 0 Å². The van der Waals surface area contributed by atoms with E-state index in [1.807, 2.05) is 12.3 Å². The van der Waals surface area contributed by atoms with Crippen LogP contribution in [-0.4, -0.2) is 27.5 Å². The third kappa shape index (κ3) is 3.69. The maximum absolute atomic E-state index is 6.02. The van der Waals surface area contributed by atoms with Crippen LogP contribution in [0.5, 0.6) is 5.75 Å². The number of aromatic amines is 1. The third-order valence-electron chi connectivity index (χ3n) is 4.05. The van der Waals surface area contributed by atoms with Gasteiger partial charge in [0, 0.05) is 43.5 Å². The van der Waals surface area contributed by atoms with Gasteiger partial charge in [-0.3, -0.25) is 4.90 Å². The largest absolute Gasteiger partial charge is 0.489 e. The van der Waals surface area contributed by atoms with Crippen LogP contribution in [0.4, 0.5) is 0 Å². The summed E-state index contributed by atoms with van der Waals surface area (Å²) in [7, 11) is 0. The Labute approximate surface area is 132 Å². The SMILES string of the molecule is CCCCc1ncc(CN2Cc3ccccc3OC(C)C2)[nH]1. The predicted octanol–water partition coefficient (Wildman–Crippen LogP) is 3.54. The molecule has 118 valence electrons. The van der Waals surface area contributed by atoms with E-state index in [1.165, 1.54) is 24.1 Å². The Morgan fingerprint density at radius 2 is 2.23 bits per heavy atom. The van der Waals surface area contributed by atoms with Gasteiger partial charge < -0.3 is 9.72 Å². The number of hydrogen-bond acceptors (Lipinski definition) is 3. The van der Waals surface area contributed by atoms with Crippen molar-refractivity contribution < 1.29 is 4.74 Å². The average molecular weight is 299 g/mol. The number of unbranched alkanes of at least 4 members (excludes halogenated alkanes) is 1. The van der Waals surface area contributed by atoms with E-state index in [4.69, 9.17) is 4.74 Å². The third-order valence-corrected chi connectivity index (χ3v) is 4.05. The summed E-state index contributed by atoms with van der Waals surface area (Å²) in [5.74, 6) is 2.13. The Bertz CT molecular complexity index is 608. The monoisotopic (exact) mass is 299 g/mol. The molecule has 1 aliphatic rings. The quantitative estimate of drug-likeness (QED) is 0.918. The number of H-pyrrole nitrogens is 1. The Hall–Kier alpha value is -1.81. The van der Waals surface area contributed by atoms with Crippen LogP contribution in [0.25, 0.3) is 0 Å². The number of aromatic nitrogens is 2. The Balaban J connectivity index is 1.68. The molecular weight excluding hydrogens is 274 g/mol. The van der Waals surface area contributed by atoms with Crippen molar-refractivity contribution >= 4 is 0 Å². The maximum Gasteiger partial charge on any atom is 0.124 e. The minimum absolute atomic E-state index is 0.200. The molecule has 1 aromatic carbocycles. The Morgan fingerprint density at radius 1 is 1.36 bits per heavy atom. The molecule has 3 rings (SSSR count). The first kappa shape index (κ1) is 15.1. The fraction of sp³-hybridized carbons (Fsp3) is 0.500. The molecule has 1 N–H and O–H groups in total. The highest BCUT2D eigenvalue weighted by atomic mass is 16.5. The zero-order valence-corrected chi connectivity index (χ0v) is 13.5. The number of ether oxygens (including phenoxy) is 1. The van der Waals surface area contributed by atoms with Crippen LogP contribution in [-0.2, 0) is 19.5 Å². The Kier molecular flexibility index (Phi) is 4.78. The molecule has 0 aliphatic carbocycles. The summed E-state index contributed by atoms with van der Waals surface area (Å²) < 4.78 is 6.02. The van der Waals surface area contributed by atoms with Crippen LogP contribution in [0, 0.1) is 0 Å². The van der Waals surface area contributed by atoms with E-state index in [0.29, 0.717) is 0 Å². The zero-order valence-electron chi connectivity index (χ0n) is 13.5. The van der Waals surface area contributed by atoms with Crippen molar-refractivity contribution in [3.8, 4) is 5.75 Å². The lowest BCUT2D eigenvalue weighted by molar-refractivity contribution is 0.155. The number of nitrogens with zero attached hydrogens (tertiary/aromatic N) is 2. The van der Waals surface area contributed by atoms with Crippen LogP contribution in [0.1, 0.15) is 43.8 Å². The molecule has 2 heterocycles. The smallest absolute Gasteiger partial charge is 0.124 e. The first-order valence-electron chi connectivity index (χ1n) is 8.24. The van der Waals surface area contributed by atoms with Crippen LogP contribution in [0.15, 0.2) is 30.5 Å². The number of hydrogen-bond donors (Lipinski definition) is 1. The lowest BCUT2D eigenvalue weighted by Gasteiger charge is -2.20. The van der Waals surface area contributed by atoms with Crippen LogP contribution in [0.3, 0.4) is 0 Å². The molecule has 0 radical (unpaired) electrons. The number of aryl methyl sites for hydroxylation is 1. The highest BCUT2D eigenvalue weighted by molar-refractivity contribution is 5.34. The summed E-state index contributed by atoms with van der Waals surface area (Å²) in [5, 5.41) is 0. The van der Waals surface area contributed by atoms with Crippen molar-refractivity contribution in [3.05, 3.63) is 47.5 Å². The fourth-order valence-electron chi connectivity index (χ4n) is 2.99. The van der Waals surface area contributed by atoms with Crippen molar-refractivity contribution in [2.24, 2.45) is 0 Å². The summed E-state index contributed by atoms with van der Waals surface area (Å²) in [6, 6.07) is 8.33. The minimum atomic E-state index is 0.200. The molecule has 0 saturated carbocycles. The zero-order chi connectivity index (χ0) is 15.4. The molecule has 0 fully saturated rings. The fourth-order valence-corrected chi connectivity index (χ4v) is 2.99. The average Bonchev–Trinajstić information content (AvgIpc) is 2.87. The second-order valence-electron chi connectivity index (χ2n) is 6.16. The van der Waals surface area contributed by atoms with Crippen LogP contribution in [0.2, 0.25) is 0 Å². The molecular formula is C18H25N3O. The van der Waals surface area contributed by atoms with Crippen molar-refractivity contribution in [3.63, 3.8) is 0 Å². The first-order valence-corrected chi connectivity index (χ1v) is 8.24. The molecule has 2 aromatic rings. The van der Waals surface area contributed by atoms with E-state index in [9.17, 15) is 0 Å². The molecule has 1 atom stereocenters. The summed E-state index contributed by atoms with van der Waals surface area (Å²) in [4.78, 5) is 10.4. The highest BCUT2D eigenvalue weighted by Gasteiger charge is 2.20. The highest BCUT2D eigenvalue weighted by Crippen LogP contribution is 2.25. The van der Waals surface area contributed by atoms with Gasteiger partial charge in [0.15, 0.2) is 0 Å². The standard InChI is InChI=1S/C18H25N3O/c1-3-4-9-18-19-10-16(20-18)13-21-11-14(2)22-17-8-6-5-7-15(17)12-21/h5-8,10,14H,3-4,9,11-13H2,1-2H3,(H,19,20). The summed E-state index contributed by atoms with van der Waals surface area (Å²) >= 11 is 0. The molecule has 4 heteroatoms. The molecule has 22 heavy (non-hydrogen) atoms. The number of fused-ring (bicyclic) bond motifs is 1. The van der Waals surface area contributed by atoms with E-state index in [2.05, 4.69) is 46.9 Å². The van der Waals surface area contributed by atoms with Gasteiger partial charge in [-0.05, 0) is 19.4 Å². The maximum atomic E-state index is 6.02. The summed E-state index contributed by atoms with van der Waals surface area (Å²) in [6.45, 7) is 7.08. The van der Waals surface area contributed by atoms with Gasteiger partial charge in [-0.15, -0.1) is 0 Å². The summed E-state index contributed by atoms with van der Waals surface area (Å²) in [5.41, 5.74) is 2.45. The molecule has 0 bridgehead atoms. The Morgan fingerprint density at radius 3 is 3.09 bits per heavy atom. The minimum Gasteiger partial charge on any atom is -0.489 e. The van der Waals surface area contributed by atoms with Crippen molar-refractivity contribution in [2.45, 2.75) is 52.3 Å². The van der Waals surface area contributed by atoms with Gasteiger partial charge in [0.25, 0.3) is 0 Å². The van der Waals surface area contributed by atoms with Gasteiger partial charge in [-0.1, -0.05) is 31.5 Å². The van der Waals surface area contributed by atoms with Gasteiger partial charge in [0.2, 0.25) is 0 Å². The molecule has 1 aromatic heterocycles. The van der Waals surface area contributed by atoms with Gasteiger partial charge >= 0.3 is 0 Å². The van der Waals surface area contributed by atoms with E-state index in [-0.39, 0.29) is 6.10 Å². The van der Waals surface area contributed by atoms with Crippen molar-refractivity contribution in [2.75, 3.05) is 6.54 Å². The second kappa shape index (κ2) is 6.97. The number of para-hydroxylation sites is 1. The van der Waals surface area contributed by atoms with Gasteiger partial charge in [0.05, 0.1) is 0 Å². The molecule has 0 saturated heterocycles. The first-order chi connectivity index (χ1) is 10.7. The molecule has 4 nitrogen and oxygen atoms in total. The molecule has 1 aliphatic heterocycles.